The predicted octanol–water partition coefficient (Wildman–Crippen LogP) is 4.49. The van der Waals surface area contributed by atoms with Crippen LogP contribution in [0, 0.1) is 11.6 Å². The second-order valence-electron chi connectivity index (χ2n) is 7.22. The number of nitrogens with zero attached hydrogens (tertiary/aromatic N) is 1. The molecule has 0 spiro atoms. The van der Waals surface area contributed by atoms with E-state index in [2.05, 4.69) is 4.90 Å². The SMILES string of the molecule is CCOC(=O)CCN1CCC(OC(c2ccc(F)cc2)c2ccc(F)cc2)CC1. The summed E-state index contributed by atoms with van der Waals surface area (Å²) in [6.45, 7) is 4.57. The first-order valence-electron chi connectivity index (χ1n) is 10.1. The van der Waals surface area contributed by atoms with Gasteiger partial charge < -0.3 is 14.4 Å². The molecule has 1 saturated heterocycles. The van der Waals surface area contributed by atoms with Gasteiger partial charge in [0.25, 0.3) is 0 Å². The maximum absolute atomic E-state index is 13.4. The summed E-state index contributed by atoms with van der Waals surface area (Å²) < 4.78 is 38.1. The van der Waals surface area contributed by atoms with E-state index in [1.165, 1.54) is 24.3 Å². The summed E-state index contributed by atoms with van der Waals surface area (Å²) in [5.41, 5.74) is 1.67. The van der Waals surface area contributed by atoms with Crippen molar-refractivity contribution in [3.8, 4) is 0 Å². The molecule has 1 aliphatic heterocycles. The molecule has 29 heavy (non-hydrogen) atoms. The zero-order chi connectivity index (χ0) is 20.6. The lowest BCUT2D eigenvalue weighted by molar-refractivity contribution is -0.143. The third kappa shape index (κ3) is 6.34. The van der Waals surface area contributed by atoms with Crippen molar-refractivity contribution < 1.29 is 23.0 Å². The zero-order valence-corrected chi connectivity index (χ0v) is 16.7. The molecule has 0 radical (unpaired) electrons. The van der Waals surface area contributed by atoms with Crippen LogP contribution < -0.4 is 0 Å². The average molecular weight is 403 g/mol. The number of ether oxygens (including phenoxy) is 2. The Hall–Kier alpha value is -2.31. The highest BCUT2D eigenvalue weighted by Crippen LogP contribution is 2.30. The first-order chi connectivity index (χ1) is 14.0. The summed E-state index contributed by atoms with van der Waals surface area (Å²) in [6.07, 6.45) is 1.72. The van der Waals surface area contributed by atoms with Gasteiger partial charge in [-0.25, -0.2) is 8.78 Å². The largest absolute Gasteiger partial charge is 0.466 e. The average Bonchev–Trinajstić information content (AvgIpc) is 2.73. The van der Waals surface area contributed by atoms with E-state index in [1.54, 1.807) is 31.2 Å². The van der Waals surface area contributed by atoms with Crippen molar-refractivity contribution >= 4 is 5.97 Å². The van der Waals surface area contributed by atoms with Crippen molar-refractivity contribution in [2.45, 2.75) is 38.4 Å². The topological polar surface area (TPSA) is 38.8 Å². The quantitative estimate of drug-likeness (QED) is 0.609. The Morgan fingerprint density at radius 1 is 1.00 bits per heavy atom. The summed E-state index contributed by atoms with van der Waals surface area (Å²) in [6, 6.07) is 12.5. The molecule has 0 saturated carbocycles. The molecule has 2 aromatic rings. The summed E-state index contributed by atoms with van der Waals surface area (Å²) in [4.78, 5) is 13.8. The number of hydrogen-bond donors (Lipinski definition) is 0. The molecule has 0 bridgehead atoms. The normalized spacial score (nSPS) is 15.6. The molecule has 2 aromatic carbocycles. The van der Waals surface area contributed by atoms with Gasteiger partial charge in [-0.05, 0) is 55.2 Å². The molecule has 0 amide bonds. The molecule has 0 aromatic heterocycles. The first-order valence-corrected chi connectivity index (χ1v) is 10.1. The van der Waals surface area contributed by atoms with E-state index in [-0.39, 0.29) is 29.8 Å². The van der Waals surface area contributed by atoms with E-state index in [1.807, 2.05) is 0 Å². The minimum absolute atomic E-state index is 0.0361. The lowest BCUT2D eigenvalue weighted by atomic mass is 10.00. The molecule has 4 nitrogen and oxygen atoms in total. The van der Waals surface area contributed by atoms with Gasteiger partial charge in [-0.2, -0.15) is 0 Å². The highest BCUT2D eigenvalue weighted by molar-refractivity contribution is 5.69. The standard InChI is InChI=1S/C23H27F2NO3/c1-2-28-22(27)13-16-26-14-11-21(12-15-26)29-23(17-3-7-19(24)8-4-17)18-5-9-20(25)10-6-18/h3-10,21,23H,2,11-16H2,1H3. The van der Waals surface area contributed by atoms with Crippen molar-refractivity contribution in [3.63, 3.8) is 0 Å². The number of carbonyl (C=O) groups is 1. The highest BCUT2D eigenvalue weighted by atomic mass is 19.1. The van der Waals surface area contributed by atoms with Crippen LogP contribution >= 0.6 is 0 Å². The van der Waals surface area contributed by atoms with Gasteiger partial charge in [-0.15, -0.1) is 0 Å². The second-order valence-corrected chi connectivity index (χ2v) is 7.22. The first kappa shape index (κ1) is 21.4. The Labute approximate surface area is 170 Å². The minimum Gasteiger partial charge on any atom is -0.466 e. The van der Waals surface area contributed by atoms with Gasteiger partial charge in [-0.3, -0.25) is 4.79 Å². The van der Waals surface area contributed by atoms with Gasteiger partial charge in [0.2, 0.25) is 0 Å². The fraction of sp³-hybridized carbons (Fsp3) is 0.435. The number of carbonyl (C=O) groups excluding carboxylic acids is 1. The zero-order valence-electron chi connectivity index (χ0n) is 16.7. The fourth-order valence-corrected chi connectivity index (χ4v) is 3.57. The number of rotatable bonds is 8. The van der Waals surface area contributed by atoms with Crippen molar-refractivity contribution in [2.24, 2.45) is 0 Å². The van der Waals surface area contributed by atoms with Crippen molar-refractivity contribution in [3.05, 3.63) is 71.3 Å². The van der Waals surface area contributed by atoms with Crippen molar-refractivity contribution in [1.29, 1.82) is 0 Å². The van der Waals surface area contributed by atoms with Crippen LogP contribution in [0.15, 0.2) is 48.5 Å². The molecule has 0 atom stereocenters. The van der Waals surface area contributed by atoms with E-state index in [0.717, 1.165) is 37.1 Å². The van der Waals surface area contributed by atoms with E-state index < -0.39 is 0 Å². The molecule has 3 rings (SSSR count). The van der Waals surface area contributed by atoms with Crippen LogP contribution in [-0.2, 0) is 14.3 Å². The summed E-state index contributed by atoms with van der Waals surface area (Å²) in [5.74, 6) is -0.776. The van der Waals surface area contributed by atoms with E-state index in [0.29, 0.717) is 19.6 Å². The van der Waals surface area contributed by atoms with Crippen LogP contribution in [0.4, 0.5) is 8.78 Å². The van der Waals surface area contributed by atoms with Crippen molar-refractivity contribution in [1.82, 2.24) is 4.90 Å². The minimum atomic E-state index is -0.382. The third-order valence-corrected chi connectivity index (χ3v) is 5.15. The molecule has 1 fully saturated rings. The Bertz CT molecular complexity index is 726. The monoisotopic (exact) mass is 403 g/mol. The maximum atomic E-state index is 13.4. The maximum Gasteiger partial charge on any atom is 0.307 e. The highest BCUT2D eigenvalue weighted by Gasteiger charge is 2.25. The molecule has 1 heterocycles. The molecule has 156 valence electrons. The van der Waals surface area contributed by atoms with Crippen LogP contribution in [0.3, 0.4) is 0 Å². The lowest BCUT2D eigenvalue weighted by Gasteiger charge is -2.34. The smallest absolute Gasteiger partial charge is 0.307 e. The van der Waals surface area contributed by atoms with Crippen LogP contribution in [-0.4, -0.2) is 43.2 Å². The third-order valence-electron chi connectivity index (χ3n) is 5.15. The fourth-order valence-electron chi connectivity index (χ4n) is 3.57. The number of piperidine rings is 1. The molecular weight excluding hydrogens is 376 g/mol. The Kier molecular flexibility index (Phi) is 7.72. The molecular formula is C23H27F2NO3. The molecule has 0 aliphatic carbocycles. The molecule has 6 heteroatoms. The Morgan fingerprint density at radius 2 is 1.52 bits per heavy atom. The molecule has 0 N–H and O–H groups in total. The number of esters is 1. The predicted molar refractivity (Wildman–Crippen MR) is 106 cm³/mol. The van der Waals surface area contributed by atoms with E-state index in [4.69, 9.17) is 9.47 Å². The second kappa shape index (κ2) is 10.5. The van der Waals surface area contributed by atoms with Gasteiger partial charge in [0.15, 0.2) is 0 Å². The van der Waals surface area contributed by atoms with Crippen molar-refractivity contribution in [2.75, 3.05) is 26.2 Å². The lowest BCUT2D eigenvalue weighted by Crippen LogP contribution is -2.38. The van der Waals surface area contributed by atoms with Gasteiger partial charge in [0.05, 0.1) is 19.1 Å². The summed E-state index contributed by atoms with van der Waals surface area (Å²) >= 11 is 0. The Balaban J connectivity index is 1.61. The van der Waals surface area contributed by atoms with Crippen LogP contribution in [0.25, 0.3) is 0 Å². The van der Waals surface area contributed by atoms with Crippen LogP contribution in [0.5, 0.6) is 0 Å². The van der Waals surface area contributed by atoms with Gasteiger partial charge in [-0.1, -0.05) is 24.3 Å². The van der Waals surface area contributed by atoms with Gasteiger partial charge in [0, 0.05) is 19.6 Å². The van der Waals surface area contributed by atoms with Crippen LogP contribution in [0.1, 0.15) is 43.4 Å². The van der Waals surface area contributed by atoms with E-state index >= 15 is 0 Å². The summed E-state index contributed by atoms with van der Waals surface area (Å²) in [5, 5.41) is 0. The molecule has 1 aliphatic rings. The number of hydrogen-bond acceptors (Lipinski definition) is 4. The molecule has 0 unspecified atom stereocenters. The summed E-state index contributed by atoms with van der Waals surface area (Å²) in [7, 11) is 0. The van der Waals surface area contributed by atoms with Crippen LogP contribution in [0.2, 0.25) is 0 Å². The van der Waals surface area contributed by atoms with Gasteiger partial charge in [0.1, 0.15) is 17.7 Å². The number of benzene rings is 2. The number of halogens is 2. The van der Waals surface area contributed by atoms with Gasteiger partial charge >= 0.3 is 5.97 Å². The number of likely N-dealkylation sites (tertiary alicyclic amines) is 1. The Morgan fingerprint density at radius 3 is 2.00 bits per heavy atom. The van der Waals surface area contributed by atoms with E-state index in [9.17, 15) is 13.6 Å².